The van der Waals surface area contributed by atoms with Crippen LogP contribution in [-0.4, -0.2) is 13.6 Å². The predicted molar refractivity (Wildman–Crippen MR) is 82.6 cm³/mol. The number of nitrogens with zero attached hydrogens (tertiary/aromatic N) is 1. The molecule has 2 aromatic rings. The van der Waals surface area contributed by atoms with Gasteiger partial charge in [-0.15, -0.1) is 0 Å². The number of anilines is 1. The summed E-state index contributed by atoms with van der Waals surface area (Å²) in [7, 11) is 2.10. The molecule has 1 atom stereocenters. The standard InChI is InChI=1S/C17H22N2/c1-13-7-9-16(10-8-13)19(3)17(12-18)15-6-4-5-14(2)11-15/h4-11,17H,12,18H2,1-3H3. The minimum atomic E-state index is 0.211. The number of nitrogens with two attached hydrogens (primary N) is 1. The highest BCUT2D eigenvalue weighted by atomic mass is 15.1. The lowest BCUT2D eigenvalue weighted by atomic mass is 10.0. The number of likely N-dealkylation sites (N-methyl/N-ethyl adjacent to an activating group) is 1. The summed E-state index contributed by atoms with van der Waals surface area (Å²) in [4.78, 5) is 2.24. The summed E-state index contributed by atoms with van der Waals surface area (Å²) in [6.07, 6.45) is 0. The van der Waals surface area contributed by atoms with Crippen molar-refractivity contribution in [3.8, 4) is 0 Å². The van der Waals surface area contributed by atoms with Crippen molar-refractivity contribution < 1.29 is 0 Å². The molecule has 2 heteroatoms. The second-order valence-corrected chi connectivity index (χ2v) is 5.11. The van der Waals surface area contributed by atoms with Crippen molar-refractivity contribution in [3.05, 3.63) is 65.2 Å². The average Bonchev–Trinajstić information content (AvgIpc) is 2.40. The third kappa shape index (κ3) is 3.15. The van der Waals surface area contributed by atoms with E-state index >= 15 is 0 Å². The molecule has 0 heterocycles. The molecule has 100 valence electrons. The number of benzene rings is 2. The summed E-state index contributed by atoms with van der Waals surface area (Å²) in [5.74, 6) is 0. The van der Waals surface area contributed by atoms with Crippen LogP contribution in [0.25, 0.3) is 0 Å². The molecule has 0 saturated carbocycles. The Morgan fingerprint density at radius 3 is 2.26 bits per heavy atom. The number of hydrogen-bond donors (Lipinski definition) is 1. The molecule has 2 nitrogen and oxygen atoms in total. The van der Waals surface area contributed by atoms with Gasteiger partial charge >= 0.3 is 0 Å². The van der Waals surface area contributed by atoms with Crippen molar-refractivity contribution >= 4 is 5.69 Å². The van der Waals surface area contributed by atoms with Crippen LogP contribution in [0.3, 0.4) is 0 Å². The van der Waals surface area contributed by atoms with E-state index in [0.717, 1.165) is 0 Å². The molecule has 19 heavy (non-hydrogen) atoms. The molecule has 2 N–H and O–H groups in total. The fraction of sp³-hybridized carbons (Fsp3) is 0.294. The zero-order valence-corrected chi connectivity index (χ0v) is 11.9. The molecule has 0 aromatic heterocycles. The second kappa shape index (κ2) is 5.89. The van der Waals surface area contributed by atoms with E-state index in [1.807, 2.05) is 0 Å². The molecule has 0 bridgehead atoms. The third-order valence-corrected chi connectivity index (χ3v) is 3.56. The summed E-state index contributed by atoms with van der Waals surface area (Å²) in [5, 5.41) is 0. The lowest BCUT2D eigenvalue weighted by molar-refractivity contribution is 0.680. The summed E-state index contributed by atoms with van der Waals surface area (Å²) in [6, 6.07) is 17.3. The summed E-state index contributed by atoms with van der Waals surface area (Å²) < 4.78 is 0. The number of rotatable bonds is 4. The first-order valence-electron chi connectivity index (χ1n) is 6.68. The van der Waals surface area contributed by atoms with Gasteiger partial charge in [-0.05, 0) is 31.5 Å². The van der Waals surface area contributed by atoms with Crippen LogP contribution in [-0.2, 0) is 0 Å². The van der Waals surface area contributed by atoms with E-state index < -0.39 is 0 Å². The van der Waals surface area contributed by atoms with Crippen LogP contribution in [0.4, 0.5) is 5.69 Å². The van der Waals surface area contributed by atoms with Crippen LogP contribution in [0.15, 0.2) is 48.5 Å². The monoisotopic (exact) mass is 254 g/mol. The maximum atomic E-state index is 5.98. The summed E-state index contributed by atoms with van der Waals surface area (Å²) in [5.41, 5.74) is 11.0. The molecule has 1 unspecified atom stereocenters. The summed E-state index contributed by atoms with van der Waals surface area (Å²) in [6.45, 7) is 4.82. The molecule has 0 radical (unpaired) electrons. The van der Waals surface area contributed by atoms with Crippen molar-refractivity contribution in [2.45, 2.75) is 19.9 Å². The van der Waals surface area contributed by atoms with Gasteiger partial charge in [0.2, 0.25) is 0 Å². The van der Waals surface area contributed by atoms with Gasteiger partial charge in [0.1, 0.15) is 0 Å². The molecule has 0 aliphatic heterocycles. The maximum Gasteiger partial charge on any atom is 0.0661 e. The average molecular weight is 254 g/mol. The van der Waals surface area contributed by atoms with E-state index in [-0.39, 0.29) is 6.04 Å². The van der Waals surface area contributed by atoms with E-state index in [2.05, 4.69) is 74.3 Å². The topological polar surface area (TPSA) is 29.3 Å². The lowest BCUT2D eigenvalue weighted by Crippen LogP contribution is -2.30. The molecular formula is C17H22N2. The van der Waals surface area contributed by atoms with Crippen molar-refractivity contribution in [3.63, 3.8) is 0 Å². The largest absolute Gasteiger partial charge is 0.366 e. The Morgan fingerprint density at radius 1 is 1.00 bits per heavy atom. The zero-order valence-electron chi connectivity index (χ0n) is 11.9. The van der Waals surface area contributed by atoms with Crippen molar-refractivity contribution in [2.24, 2.45) is 5.73 Å². The summed E-state index contributed by atoms with van der Waals surface area (Å²) >= 11 is 0. The highest BCUT2D eigenvalue weighted by Crippen LogP contribution is 2.25. The van der Waals surface area contributed by atoms with Crippen LogP contribution in [0.1, 0.15) is 22.7 Å². The SMILES string of the molecule is Cc1ccc(N(C)C(CN)c2cccc(C)c2)cc1. The van der Waals surface area contributed by atoms with Gasteiger partial charge in [0.05, 0.1) is 6.04 Å². The molecule has 0 fully saturated rings. The van der Waals surface area contributed by atoms with E-state index in [4.69, 9.17) is 5.73 Å². The maximum absolute atomic E-state index is 5.98. The molecular weight excluding hydrogens is 232 g/mol. The lowest BCUT2D eigenvalue weighted by Gasteiger charge is -2.30. The minimum Gasteiger partial charge on any atom is -0.366 e. The fourth-order valence-corrected chi connectivity index (χ4v) is 2.36. The van der Waals surface area contributed by atoms with Gasteiger partial charge in [0.25, 0.3) is 0 Å². The van der Waals surface area contributed by atoms with Gasteiger partial charge in [0.15, 0.2) is 0 Å². The molecule has 0 spiro atoms. The first-order valence-corrected chi connectivity index (χ1v) is 6.68. The van der Waals surface area contributed by atoms with Crippen LogP contribution in [0.2, 0.25) is 0 Å². The Kier molecular flexibility index (Phi) is 4.23. The van der Waals surface area contributed by atoms with Gasteiger partial charge < -0.3 is 10.6 Å². The van der Waals surface area contributed by atoms with Crippen LogP contribution >= 0.6 is 0 Å². The first-order chi connectivity index (χ1) is 9.11. The Morgan fingerprint density at radius 2 is 1.68 bits per heavy atom. The van der Waals surface area contributed by atoms with Crippen LogP contribution in [0.5, 0.6) is 0 Å². The Bertz CT molecular complexity index is 531. The molecule has 0 aliphatic carbocycles. The number of aryl methyl sites for hydroxylation is 2. The molecule has 2 rings (SSSR count). The van der Waals surface area contributed by atoms with Gasteiger partial charge in [-0.1, -0.05) is 47.5 Å². The smallest absolute Gasteiger partial charge is 0.0661 e. The van der Waals surface area contributed by atoms with Gasteiger partial charge in [-0.3, -0.25) is 0 Å². The van der Waals surface area contributed by atoms with Crippen molar-refractivity contribution in [2.75, 3.05) is 18.5 Å². The molecule has 0 amide bonds. The molecule has 2 aromatic carbocycles. The van der Waals surface area contributed by atoms with Gasteiger partial charge in [-0.25, -0.2) is 0 Å². The van der Waals surface area contributed by atoms with Crippen LogP contribution in [0, 0.1) is 13.8 Å². The van der Waals surface area contributed by atoms with E-state index in [9.17, 15) is 0 Å². The minimum absolute atomic E-state index is 0.211. The Hall–Kier alpha value is -1.80. The van der Waals surface area contributed by atoms with Gasteiger partial charge in [-0.2, -0.15) is 0 Å². The van der Waals surface area contributed by atoms with Crippen molar-refractivity contribution in [1.29, 1.82) is 0 Å². The Labute approximate surface area is 115 Å². The van der Waals surface area contributed by atoms with E-state index in [1.54, 1.807) is 0 Å². The number of hydrogen-bond acceptors (Lipinski definition) is 2. The molecule has 0 aliphatic rings. The van der Waals surface area contributed by atoms with E-state index in [1.165, 1.54) is 22.4 Å². The fourth-order valence-electron chi connectivity index (χ4n) is 2.36. The van der Waals surface area contributed by atoms with Crippen molar-refractivity contribution in [1.82, 2.24) is 0 Å². The normalized spacial score (nSPS) is 12.2. The predicted octanol–water partition coefficient (Wildman–Crippen LogP) is 3.44. The Balaban J connectivity index is 2.28. The molecule has 0 saturated heterocycles. The highest BCUT2D eigenvalue weighted by Gasteiger charge is 2.15. The first kappa shape index (κ1) is 13.6. The zero-order chi connectivity index (χ0) is 13.8. The highest BCUT2D eigenvalue weighted by molar-refractivity contribution is 5.49. The van der Waals surface area contributed by atoms with E-state index in [0.29, 0.717) is 6.54 Å². The quantitative estimate of drug-likeness (QED) is 0.905. The third-order valence-electron chi connectivity index (χ3n) is 3.56. The van der Waals surface area contributed by atoms with Gasteiger partial charge in [0, 0.05) is 19.3 Å². The second-order valence-electron chi connectivity index (χ2n) is 5.11. The van der Waals surface area contributed by atoms with Crippen LogP contribution < -0.4 is 10.6 Å².